The van der Waals surface area contributed by atoms with E-state index in [0.29, 0.717) is 5.56 Å². The van der Waals surface area contributed by atoms with Gasteiger partial charge >= 0.3 is 0 Å². The standard InChI is InChI=1S/C10H9NOS.ClH/c1-6-9(10(11)12)7-4-2-3-5-8(7)13-6;/h2-5H,1H3,(H2,11,12);1H. The van der Waals surface area contributed by atoms with Gasteiger partial charge in [0.15, 0.2) is 0 Å². The number of hydrogen-bond donors (Lipinski definition) is 1. The second-order valence-corrected chi connectivity index (χ2v) is 4.15. The number of primary amides is 1. The number of benzene rings is 1. The van der Waals surface area contributed by atoms with Crippen molar-refractivity contribution >= 4 is 39.7 Å². The summed E-state index contributed by atoms with van der Waals surface area (Å²) in [6.07, 6.45) is 0. The van der Waals surface area contributed by atoms with Crippen LogP contribution >= 0.6 is 23.7 Å². The molecule has 2 N–H and O–H groups in total. The minimum Gasteiger partial charge on any atom is -0.366 e. The van der Waals surface area contributed by atoms with Gasteiger partial charge < -0.3 is 5.73 Å². The second-order valence-electron chi connectivity index (χ2n) is 2.89. The molecular formula is C10H10ClNOS. The third kappa shape index (κ3) is 1.61. The molecule has 0 saturated heterocycles. The summed E-state index contributed by atoms with van der Waals surface area (Å²) in [5.41, 5.74) is 5.96. The van der Waals surface area contributed by atoms with Crippen LogP contribution in [-0.4, -0.2) is 5.91 Å². The number of carbonyl (C=O) groups is 1. The highest BCUT2D eigenvalue weighted by Gasteiger charge is 2.12. The van der Waals surface area contributed by atoms with Crippen molar-refractivity contribution in [2.45, 2.75) is 6.92 Å². The monoisotopic (exact) mass is 227 g/mol. The van der Waals surface area contributed by atoms with Gasteiger partial charge in [-0.1, -0.05) is 18.2 Å². The lowest BCUT2D eigenvalue weighted by molar-refractivity contribution is 0.100. The van der Waals surface area contributed by atoms with E-state index < -0.39 is 0 Å². The minimum absolute atomic E-state index is 0. The fraction of sp³-hybridized carbons (Fsp3) is 0.100. The maximum atomic E-state index is 11.1. The zero-order valence-corrected chi connectivity index (χ0v) is 9.24. The highest BCUT2D eigenvalue weighted by atomic mass is 35.5. The number of halogens is 1. The molecule has 2 nitrogen and oxygen atoms in total. The second kappa shape index (κ2) is 3.98. The van der Waals surface area contributed by atoms with E-state index >= 15 is 0 Å². The van der Waals surface area contributed by atoms with Crippen molar-refractivity contribution in [2.24, 2.45) is 5.73 Å². The summed E-state index contributed by atoms with van der Waals surface area (Å²) in [6, 6.07) is 7.81. The summed E-state index contributed by atoms with van der Waals surface area (Å²) in [5, 5.41) is 0.970. The number of carbonyl (C=O) groups excluding carboxylic acids is 1. The first-order valence-corrected chi connectivity index (χ1v) is 4.79. The van der Waals surface area contributed by atoms with Gasteiger partial charge in [0, 0.05) is 15.0 Å². The van der Waals surface area contributed by atoms with Crippen molar-refractivity contribution in [1.82, 2.24) is 0 Å². The van der Waals surface area contributed by atoms with E-state index in [1.807, 2.05) is 31.2 Å². The molecule has 1 heterocycles. The molecule has 2 rings (SSSR count). The number of hydrogen-bond acceptors (Lipinski definition) is 2. The Morgan fingerprint density at radius 2 is 2.00 bits per heavy atom. The predicted octanol–water partition coefficient (Wildman–Crippen LogP) is 2.73. The first-order chi connectivity index (χ1) is 6.20. The molecular weight excluding hydrogens is 218 g/mol. The fourth-order valence-electron chi connectivity index (χ4n) is 1.47. The van der Waals surface area contributed by atoms with Crippen molar-refractivity contribution in [3.8, 4) is 0 Å². The van der Waals surface area contributed by atoms with Gasteiger partial charge in [-0.25, -0.2) is 0 Å². The summed E-state index contributed by atoms with van der Waals surface area (Å²) in [5.74, 6) is -0.338. The largest absolute Gasteiger partial charge is 0.366 e. The van der Waals surface area contributed by atoms with Crippen LogP contribution in [0.2, 0.25) is 0 Å². The molecule has 0 bridgehead atoms. The lowest BCUT2D eigenvalue weighted by atomic mass is 10.1. The Labute approximate surface area is 92.1 Å². The quantitative estimate of drug-likeness (QED) is 0.800. The summed E-state index contributed by atoms with van der Waals surface area (Å²) in [7, 11) is 0. The van der Waals surface area contributed by atoms with E-state index in [4.69, 9.17) is 5.73 Å². The third-order valence-electron chi connectivity index (χ3n) is 2.02. The van der Waals surface area contributed by atoms with Gasteiger partial charge in [-0.2, -0.15) is 0 Å². The smallest absolute Gasteiger partial charge is 0.250 e. The molecule has 1 amide bonds. The Balaban J connectivity index is 0.000000980. The van der Waals surface area contributed by atoms with Gasteiger partial charge in [0.1, 0.15) is 0 Å². The lowest BCUT2D eigenvalue weighted by Crippen LogP contribution is -2.11. The SMILES string of the molecule is Cc1sc2ccccc2c1C(N)=O.Cl. The highest BCUT2D eigenvalue weighted by molar-refractivity contribution is 7.19. The average molecular weight is 228 g/mol. The molecule has 0 aliphatic heterocycles. The Morgan fingerprint density at radius 1 is 1.36 bits per heavy atom. The molecule has 0 fully saturated rings. The number of fused-ring (bicyclic) bond motifs is 1. The summed E-state index contributed by atoms with van der Waals surface area (Å²) in [4.78, 5) is 12.1. The number of rotatable bonds is 1. The van der Waals surface area contributed by atoms with Crippen molar-refractivity contribution in [2.75, 3.05) is 0 Å². The predicted molar refractivity (Wildman–Crippen MR) is 62.3 cm³/mol. The maximum absolute atomic E-state index is 11.1. The molecule has 14 heavy (non-hydrogen) atoms. The first-order valence-electron chi connectivity index (χ1n) is 3.98. The van der Waals surface area contributed by atoms with E-state index in [1.54, 1.807) is 11.3 Å². The van der Waals surface area contributed by atoms with Gasteiger partial charge in [-0.15, -0.1) is 23.7 Å². The molecule has 2 aromatic rings. The molecule has 0 radical (unpaired) electrons. The van der Waals surface area contributed by atoms with Gasteiger partial charge in [-0.05, 0) is 13.0 Å². The van der Waals surface area contributed by atoms with E-state index in [0.717, 1.165) is 15.0 Å². The summed E-state index contributed by atoms with van der Waals surface area (Å²) in [6.45, 7) is 1.92. The van der Waals surface area contributed by atoms with E-state index in [9.17, 15) is 4.79 Å². The van der Waals surface area contributed by atoms with E-state index in [1.165, 1.54) is 0 Å². The van der Waals surface area contributed by atoms with Gasteiger partial charge in [0.25, 0.3) is 0 Å². The maximum Gasteiger partial charge on any atom is 0.250 e. The number of amides is 1. The van der Waals surface area contributed by atoms with Crippen LogP contribution in [-0.2, 0) is 0 Å². The van der Waals surface area contributed by atoms with Crippen LogP contribution < -0.4 is 5.73 Å². The molecule has 74 valence electrons. The van der Waals surface area contributed by atoms with Crippen molar-refractivity contribution in [1.29, 1.82) is 0 Å². The van der Waals surface area contributed by atoms with Gasteiger partial charge in [0.05, 0.1) is 5.56 Å². The highest BCUT2D eigenvalue weighted by Crippen LogP contribution is 2.29. The van der Waals surface area contributed by atoms with Crippen LogP contribution in [0.1, 0.15) is 15.2 Å². The molecule has 0 aliphatic rings. The van der Waals surface area contributed by atoms with Crippen LogP contribution in [0.3, 0.4) is 0 Å². The average Bonchev–Trinajstić information content (AvgIpc) is 2.39. The lowest BCUT2D eigenvalue weighted by Gasteiger charge is -1.93. The fourth-order valence-corrected chi connectivity index (χ4v) is 2.54. The molecule has 1 aromatic carbocycles. The molecule has 0 unspecified atom stereocenters. The van der Waals surface area contributed by atoms with Crippen LogP contribution in [0.25, 0.3) is 10.1 Å². The molecule has 0 atom stereocenters. The number of nitrogens with two attached hydrogens (primary N) is 1. The van der Waals surface area contributed by atoms with E-state index in [2.05, 4.69) is 0 Å². The molecule has 1 aromatic heterocycles. The van der Waals surface area contributed by atoms with Crippen LogP contribution in [0.5, 0.6) is 0 Å². The van der Waals surface area contributed by atoms with E-state index in [-0.39, 0.29) is 18.3 Å². The van der Waals surface area contributed by atoms with Gasteiger partial charge in [-0.3, -0.25) is 4.79 Å². The number of aryl methyl sites for hydroxylation is 1. The van der Waals surface area contributed by atoms with Crippen LogP contribution in [0.4, 0.5) is 0 Å². The summed E-state index contributed by atoms with van der Waals surface area (Å²) < 4.78 is 1.12. The Bertz CT molecular complexity index is 478. The molecule has 0 spiro atoms. The van der Waals surface area contributed by atoms with Crippen molar-refractivity contribution in [3.63, 3.8) is 0 Å². The Hall–Kier alpha value is -1.06. The molecule has 0 aliphatic carbocycles. The van der Waals surface area contributed by atoms with Crippen LogP contribution in [0.15, 0.2) is 24.3 Å². The molecule has 4 heteroatoms. The van der Waals surface area contributed by atoms with Gasteiger partial charge in [0.2, 0.25) is 5.91 Å². The van der Waals surface area contributed by atoms with Crippen LogP contribution in [0, 0.1) is 6.92 Å². The zero-order valence-electron chi connectivity index (χ0n) is 7.61. The molecule has 0 saturated carbocycles. The Kier molecular flexibility index (Phi) is 3.13. The minimum atomic E-state index is -0.338. The van der Waals surface area contributed by atoms with Crippen molar-refractivity contribution < 1.29 is 4.79 Å². The Morgan fingerprint density at radius 3 is 2.64 bits per heavy atom. The topological polar surface area (TPSA) is 43.1 Å². The first kappa shape index (κ1) is 11.0. The van der Waals surface area contributed by atoms with Crippen molar-refractivity contribution in [3.05, 3.63) is 34.7 Å². The number of thiophene rings is 1. The third-order valence-corrected chi connectivity index (χ3v) is 3.10. The summed E-state index contributed by atoms with van der Waals surface area (Å²) >= 11 is 1.61. The normalized spacial score (nSPS) is 9.79. The zero-order chi connectivity index (χ0) is 9.42.